The molecule has 0 aliphatic heterocycles. The van der Waals surface area contributed by atoms with Crippen LogP contribution >= 0.6 is 0 Å². The summed E-state index contributed by atoms with van der Waals surface area (Å²) >= 11 is 0. The van der Waals surface area contributed by atoms with Crippen LogP contribution in [0.5, 0.6) is 0 Å². The molecule has 0 N–H and O–H groups in total. The first-order chi connectivity index (χ1) is 15.3. The van der Waals surface area contributed by atoms with Gasteiger partial charge in [-0.05, 0) is 53.4 Å². The Kier molecular flexibility index (Phi) is 8.75. The minimum atomic E-state index is -2.11. The fourth-order valence-corrected chi connectivity index (χ4v) is 7.48. The Hall–Kier alpha value is -1.50. The van der Waals surface area contributed by atoms with Gasteiger partial charge < -0.3 is 14.2 Å². The fourth-order valence-electron chi connectivity index (χ4n) is 5.57. The number of allylic oxidation sites excluding steroid dienone is 6. The molecule has 0 amide bonds. The van der Waals surface area contributed by atoms with E-state index in [0.29, 0.717) is 25.0 Å². The average Bonchev–Trinajstić information content (AvgIpc) is 2.69. The molecule has 6 heteroatoms. The molecule has 0 unspecified atom stereocenters. The highest BCUT2D eigenvalue weighted by molar-refractivity contribution is 6.87. The molecule has 4 atom stereocenters. The normalized spacial score (nSPS) is 29.8. The maximum atomic E-state index is 14.3. The number of hydrogen-bond donors (Lipinski definition) is 0. The molecule has 5 nitrogen and oxygen atoms in total. The lowest BCUT2D eigenvalue weighted by atomic mass is 9.50. The van der Waals surface area contributed by atoms with Crippen LogP contribution in [0.25, 0.3) is 0 Å². The third kappa shape index (κ3) is 5.28. The van der Waals surface area contributed by atoms with Crippen molar-refractivity contribution in [3.8, 4) is 0 Å². The molecule has 0 aromatic rings. The van der Waals surface area contributed by atoms with Crippen LogP contribution in [0, 0.1) is 16.7 Å². The second-order valence-corrected chi connectivity index (χ2v) is 16.5. The van der Waals surface area contributed by atoms with Gasteiger partial charge in [0.2, 0.25) is 0 Å². The summed E-state index contributed by atoms with van der Waals surface area (Å²) in [6, 6.07) is 0. The van der Waals surface area contributed by atoms with Gasteiger partial charge >= 0.3 is 0 Å². The molecule has 2 aliphatic carbocycles. The molecule has 0 heterocycles. The molecular formula is C27H44O5Si. The van der Waals surface area contributed by atoms with Crippen molar-refractivity contribution in [1.82, 2.24) is 0 Å². The van der Waals surface area contributed by atoms with E-state index in [0.717, 1.165) is 17.2 Å². The van der Waals surface area contributed by atoms with Gasteiger partial charge in [0.25, 0.3) is 0 Å². The van der Waals surface area contributed by atoms with Crippen LogP contribution in [0.15, 0.2) is 34.3 Å². The smallest absolute Gasteiger partial charge is 0.169 e. The van der Waals surface area contributed by atoms with Crippen LogP contribution in [0.3, 0.4) is 0 Å². The van der Waals surface area contributed by atoms with Crippen LogP contribution in [-0.4, -0.2) is 46.8 Å². The summed E-state index contributed by atoms with van der Waals surface area (Å²) < 4.78 is 17.5. The van der Waals surface area contributed by atoms with Gasteiger partial charge in [0.1, 0.15) is 12.6 Å². The Balaban J connectivity index is 2.80. The summed E-state index contributed by atoms with van der Waals surface area (Å²) in [5.41, 5.74) is 0.876. The van der Waals surface area contributed by atoms with Crippen molar-refractivity contribution in [2.24, 2.45) is 16.7 Å². The Morgan fingerprint density at radius 3 is 2.15 bits per heavy atom. The Morgan fingerprint density at radius 2 is 1.67 bits per heavy atom. The number of methoxy groups -OCH3 is 2. The maximum Gasteiger partial charge on any atom is 0.169 e. The summed E-state index contributed by atoms with van der Waals surface area (Å²) in [5, 5.41) is 0.787. The van der Waals surface area contributed by atoms with E-state index in [9.17, 15) is 9.59 Å². The number of fused-ring (bicyclic) bond motifs is 2. The van der Waals surface area contributed by atoms with Crippen molar-refractivity contribution < 1.29 is 23.8 Å². The predicted octanol–water partition coefficient (Wildman–Crippen LogP) is 6.02. The fraction of sp³-hybridized carbons (Fsp3) is 0.704. The van der Waals surface area contributed by atoms with Crippen molar-refractivity contribution in [2.75, 3.05) is 21.0 Å². The van der Waals surface area contributed by atoms with Crippen molar-refractivity contribution in [2.45, 2.75) is 86.0 Å². The molecule has 0 radical (unpaired) electrons. The van der Waals surface area contributed by atoms with E-state index in [1.165, 1.54) is 5.57 Å². The third-order valence-corrected chi connectivity index (χ3v) is 9.24. The molecule has 0 spiro atoms. The van der Waals surface area contributed by atoms with Crippen molar-refractivity contribution in [1.29, 1.82) is 0 Å². The highest BCUT2D eigenvalue weighted by Crippen LogP contribution is 2.59. The molecular weight excluding hydrogens is 432 g/mol. The third-order valence-electron chi connectivity index (χ3n) is 7.27. The first-order valence-corrected chi connectivity index (χ1v) is 15.5. The largest absolute Gasteiger partial charge is 0.500 e. The highest BCUT2D eigenvalue weighted by atomic mass is 28.3. The van der Waals surface area contributed by atoms with E-state index >= 15 is 0 Å². The summed E-state index contributed by atoms with van der Waals surface area (Å²) in [6.07, 6.45) is 6.49. The number of carbonyl (C=O) groups excluding carboxylic acids is 2. The summed E-state index contributed by atoms with van der Waals surface area (Å²) in [5.74, 6) is -0.192. The topological polar surface area (TPSA) is 61.8 Å². The van der Waals surface area contributed by atoms with Crippen molar-refractivity contribution >= 4 is 19.6 Å². The van der Waals surface area contributed by atoms with Gasteiger partial charge in [-0.2, -0.15) is 0 Å². The van der Waals surface area contributed by atoms with Gasteiger partial charge in [-0.15, -0.1) is 0 Å². The number of hydrogen-bond acceptors (Lipinski definition) is 5. The van der Waals surface area contributed by atoms with E-state index in [4.69, 9.17) is 14.2 Å². The van der Waals surface area contributed by atoms with Crippen LogP contribution in [-0.2, 0) is 23.8 Å². The van der Waals surface area contributed by atoms with Gasteiger partial charge in [0.15, 0.2) is 11.6 Å². The molecule has 2 aliphatic rings. The molecule has 0 aromatic heterocycles. The van der Waals surface area contributed by atoms with E-state index < -0.39 is 24.8 Å². The predicted molar refractivity (Wildman–Crippen MR) is 136 cm³/mol. The summed E-state index contributed by atoms with van der Waals surface area (Å²) in [7, 11) is 1.10. The molecule has 33 heavy (non-hydrogen) atoms. The standard InChI is InChI=1S/C27H44O5Si/c1-18(2)12-11-14-26(5)20(32-17-30-6)16-27(15-13-19(3)4)24(29)21(26)22(28)23(25(27)31-7)33(8,9)10/h12-13,20-21H,11,14-17H2,1-10H3/t20-,21+,26+,27-/m0/s1. The number of ether oxygens (including phenoxy) is 3. The van der Waals surface area contributed by atoms with Crippen LogP contribution in [0.1, 0.15) is 60.3 Å². The molecule has 2 bridgehead atoms. The first kappa shape index (κ1) is 27.7. The Morgan fingerprint density at radius 1 is 1.06 bits per heavy atom. The monoisotopic (exact) mass is 476 g/mol. The molecule has 186 valence electrons. The van der Waals surface area contributed by atoms with Crippen LogP contribution in [0.4, 0.5) is 0 Å². The molecule has 1 fully saturated rings. The first-order valence-electron chi connectivity index (χ1n) is 12.0. The van der Waals surface area contributed by atoms with Gasteiger partial charge in [-0.3, -0.25) is 9.59 Å². The van der Waals surface area contributed by atoms with E-state index in [2.05, 4.69) is 52.6 Å². The Labute approximate surface area is 201 Å². The second kappa shape index (κ2) is 10.4. The lowest BCUT2D eigenvalue weighted by Gasteiger charge is -2.56. The summed E-state index contributed by atoms with van der Waals surface area (Å²) in [6.45, 7) is 16.9. The zero-order chi connectivity index (χ0) is 25.2. The van der Waals surface area contributed by atoms with Gasteiger partial charge in [-0.25, -0.2) is 0 Å². The SMILES string of the molecule is COCO[C@H]1C[C@@]2(CC=C(C)C)C(=O)[C@@H](C(=O)C([Si](C)(C)C)=C2OC)[C@]1(C)CCC=C(C)C. The number of carbonyl (C=O) groups is 2. The summed E-state index contributed by atoms with van der Waals surface area (Å²) in [4.78, 5) is 28.4. The lowest BCUT2D eigenvalue weighted by molar-refractivity contribution is -0.185. The van der Waals surface area contributed by atoms with Gasteiger partial charge in [0.05, 0.1) is 32.6 Å². The van der Waals surface area contributed by atoms with Crippen LogP contribution < -0.4 is 0 Å². The van der Waals surface area contributed by atoms with Crippen LogP contribution in [0.2, 0.25) is 19.6 Å². The van der Waals surface area contributed by atoms with Gasteiger partial charge in [0, 0.05) is 17.7 Å². The Bertz CT molecular complexity index is 854. The zero-order valence-electron chi connectivity index (χ0n) is 22.4. The maximum absolute atomic E-state index is 14.3. The van der Waals surface area contributed by atoms with Crippen molar-refractivity contribution in [3.63, 3.8) is 0 Å². The van der Waals surface area contributed by atoms with E-state index in [1.54, 1.807) is 14.2 Å². The molecule has 0 aromatic carbocycles. The zero-order valence-corrected chi connectivity index (χ0v) is 23.4. The van der Waals surface area contributed by atoms with E-state index in [1.807, 2.05) is 13.8 Å². The van der Waals surface area contributed by atoms with Gasteiger partial charge in [-0.1, -0.05) is 49.9 Å². The number of ketones is 2. The quantitative estimate of drug-likeness (QED) is 0.167. The van der Waals surface area contributed by atoms with E-state index in [-0.39, 0.29) is 24.5 Å². The minimum Gasteiger partial charge on any atom is -0.500 e. The molecule has 1 saturated carbocycles. The second-order valence-electron chi connectivity index (χ2n) is 11.5. The average molecular weight is 477 g/mol. The number of rotatable bonds is 10. The molecule has 2 rings (SSSR count). The minimum absolute atomic E-state index is 0.000756. The lowest BCUT2D eigenvalue weighted by Crippen LogP contribution is -2.64. The molecule has 0 saturated heterocycles. The van der Waals surface area contributed by atoms with Crippen molar-refractivity contribution in [3.05, 3.63) is 34.3 Å². The highest BCUT2D eigenvalue weighted by Gasteiger charge is 2.66. The number of Topliss-reactive ketones (excluding diaryl/α,β-unsaturated/α-hetero) is 2.